The number of carbonyl (C=O) groups excluding carboxylic acids is 1. The molecule has 5 nitrogen and oxygen atoms in total. The van der Waals surface area contributed by atoms with E-state index in [9.17, 15) is 4.79 Å². The van der Waals surface area contributed by atoms with Gasteiger partial charge in [0.05, 0.1) is 0 Å². The molecule has 2 aliphatic heterocycles. The Morgan fingerprint density at radius 1 is 0.656 bits per heavy atom. The lowest BCUT2D eigenvalue weighted by Crippen LogP contribution is -2.13. The van der Waals surface area contributed by atoms with Crippen LogP contribution < -0.4 is 9.47 Å². The Labute approximate surface area is 189 Å². The lowest BCUT2D eigenvalue weighted by molar-refractivity contribution is 0.0786. The van der Waals surface area contributed by atoms with E-state index in [1.54, 1.807) is 24.3 Å². The third-order valence-corrected chi connectivity index (χ3v) is 5.82. The van der Waals surface area contributed by atoms with E-state index in [1.165, 1.54) is 0 Å². The highest BCUT2D eigenvalue weighted by atomic mass is 16.7. The van der Waals surface area contributed by atoms with Crippen molar-refractivity contribution in [3.05, 3.63) is 71.8 Å². The van der Waals surface area contributed by atoms with E-state index in [1.807, 2.05) is 24.3 Å². The van der Waals surface area contributed by atoms with E-state index >= 15 is 0 Å². The molecule has 0 N–H and O–H groups in total. The minimum atomic E-state index is -0.749. The van der Waals surface area contributed by atoms with Gasteiger partial charge in [-0.1, -0.05) is 48.6 Å². The molecule has 2 saturated heterocycles. The summed E-state index contributed by atoms with van der Waals surface area (Å²) in [4.78, 5) is 12.1. The molecule has 0 atom stereocenters. The molecule has 4 rings (SSSR count). The summed E-state index contributed by atoms with van der Waals surface area (Å²) in [6.45, 7) is 3.33. The first-order valence-electron chi connectivity index (χ1n) is 11.4. The average Bonchev–Trinajstić information content (AvgIpc) is 2.84. The summed E-state index contributed by atoms with van der Waals surface area (Å²) >= 11 is 0. The van der Waals surface area contributed by atoms with Crippen LogP contribution in [0, 0.1) is 11.8 Å². The first-order valence-corrected chi connectivity index (χ1v) is 11.4. The van der Waals surface area contributed by atoms with Gasteiger partial charge in [0, 0.05) is 26.4 Å². The molecule has 32 heavy (non-hydrogen) atoms. The molecule has 5 heteroatoms. The van der Waals surface area contributed by atoms with Crippen LogP contribution in [0.2, 0.25) is 0 Å². The predicted octanol–water partition coefficient (Wildman–Crippen LogP) is 6.14. The maximum absolute atomic E-state index is 12.1. The first kappa shape index (κ1) is 22.3. The largest absolute Gasteiger partial charge is 0.519 e. The second kappa shape index (κ2) is 11.7. The Bertz CT molecular complexity index is 827. The van der Waals surface area contributed by atoms with E-state index in [0.717, 1.165) is 63.2 Å². The number of allylic oxidation sites excluding steroid dienone is 2. The molecule has 0 amide bonds. The van der Waals surface area contributed by atoms with Crippen LogP contribution >= 0.6 is 0 Å². The van der Waals surface area contributed by atoms with Gasteiger partial charge >= 0.3 is 6.16 Å². The topological polar surface area (TPSA) is 54.0 Å². The van der Waals surface area contributed by atoms with E-state index in [4.69, 9.17) is 18.9 Å². The number of ether oxygens (including phenoxy) is 4. The average molecular weight is 435 g/mol. The van der Waals surface area contributed by atoms with Crippen LogP contribution in [-0.2, 0) is 9.47 Å². The van der Waals surface area contributed by atoms with Crippen molar-refractivity contribution in [1.29, 1.82) is 0 Å². The van der Waals surface area contributed by atoms with E-state index in [2.05, 4.69) is 24.3 Å². The number of rotatable bonds is 6. The minimum Gasteiger partial charge on any atom is -0.395 e. The molecule has 0 aromatic heterocycles. The van der Waals surface area contributed by atoms with Crippen LogP contribution in [-0.4, -0.2) is 32.6 Å². The lowest BCUT2D eigenvalue weighted by atomic mass is 9.99. The standard InChI is InChI=1S/C27H30O5/c28-27(31-25-9-5-21(6-10-25)1-3-23-13-17-29-18-14-23)32-26-11-7-22(8-12-26)2-4-24-15-19-30-20-16-24/h1-12,23-24H,13-20H2/b3-1-,4-2-. The Morgan fingerprint density at radius 2 is 1.03 bits per heavy atom. The highest BCUT2D eigenvalue weighted by Gasteiger charge is 2.11. The van der Waals surface area contributed by atoms with E-state index < -0.39 is 6.16 Å². The van der Waals surface area contributed by atoms with Gasteiger partial charge in [-0.15, -0.1) is 0 Å². The van der Waals surface area contributed by atoms with Gasteiger partial charge in [0.25, 0.3) is 0 Å². The number of benzene rings is 2. The third-order valence-electron chi connectivity index (χ3n) is 5.82. The van der Waals surface area contributed by atoms with Gasteiger partial charge < -0.3 is 18.9 Å². The van der Waals surface area contributed by atoms with Crippen LogP contribution in [0.25, 0.3) is 12.2 Å². The maximum Gasteiger partial charge on any atom is 0.519 e. The van der Waals surface area contributed by atoms with Crippen LogP contribution in [0.1, 0.15) is 36.8 Å². The summed E-state index contributed by atoms with van der Waals surface area (Å²) in [5.74, 6) is 2.04. The van der Waals surface area contributed by atoms with Gasteiger partial charge in [0.2, 0.25) is 0 Å². The zero-order chi connectivity index (χ0) is 22.0. The Morgan fingerprint density at radius 3 is 1.41 bits per heavy atom. The summed E-state index contributed by atoms with van der Waals surface area (Å²) in [5.41, 5.74) is 2.14. The summed E-state index contributed by atoms with van der Waals surface area (Å²) in [6, 6.07) is 14.8. The molecule has 0 saturated carbocycles. The maximum atomic E-state index is 12.1. The van der Waals surface area contributed by atoms with Crippen molar-refractivity contribution in [3.8, 4) is 11.5 Å². The molecule has 0 radical (unpaired) electrons. The van der Waals surface area contributed by atoms with Crippen molar-refractivity contribution >= 4 is 18.3 Å². The van der Waals surface area contributed by atoms with E-state index in [-0.39, 0.29) is 0 Å². The fourth-order valence-corrected chi connectivity index (χ4v) is 3.82. The molecule has 0 aliphatic carbocycles. The summed E-state index contributed by atoms with van der Waals surface area (Å²) in [5, 5.41) is 0. The molecule has 2 heterocycles. The molecular formula is C27H30O5. The summed E-state index contributed by atoms with van der Waals surface area (Å²) in [6.07, 6.45) is 12.2. The molecule has 2 aliphatic rings. The number of hydrogen-bond acceptors (Lipinski definition) is 5. The quantitative estimate of drug-likeness (QED) is 0.403. The smallest absolute Gasteiger partial charge is 0.395 e. The predicted molar refractivity (Wildman–Crippen MR) is 125 cm³/mol. The Hall–Kier alpha value is -2.89. The highest BCUT2D eigenvalue weighted by molar-refractivity contribution is 5.67. The molecule has 2 fully saturated rings. The van der Waals surface area contributed by atoms with Crippen molar-refractivity contribution in [2.45, 2.75) is 25.7 Å². The molecule has 0 unspecified atom stereocenters. The normalized spacial score (nSPS) is 18.2. The molecule has 0 bridgehead atoms. The monoisotopic (exact) mass is 434 g/mol. The molecule has 0 spiro atoms. The lowest BCUT2D eigenvalue weighted by Gasteiger charge is -2.18. The summed E-state index contributed by atoms with van der Waals surface area (Å²) in [7, 11) is 0. The fraction of sp³-hybridized carbons (Fsp3) is 0.370. The van der Waals surface area contributed by atoms with Crippen molar-refractivity contribution in [3.63, 3.8) is 0 Å². The van der Waals surface area contributed by atoms with Gasteiger partial charge in [-0.2, -0.15) is 0 Å². The number of hydrogen-bond donors (Lipinski definition) is 0. The van der Waals surface area contributed by atoms with Crippen LogP contribution in [0.3, 0.4) is 0 Å². The van der Waals surface area contributed by atoms with Crippen LogP contribution in [0.5, 0.6) is 11.5 Å². The van der Waals surface area contributed by atoms with Gasteiger partial charge in [-0.25, -0.2) is 4.79 Å². The van der Waals surface area contributed by atoms with Gasteiger partial charge in [0.15, 0.2) is 0 Å². The van der Waals surface area contributed by atoms with Gasteiger partial charge in [-0.3, -0.25) is 0 Å². The SMILES string of the molecule is O=C(Oc1ccc(/C=C\C2CCOCC2)cc1)Oc1ccc(/C=C\C2CCOCC2)cc1. The molecule has 168 valence electrons. The summed E-state index contributed by atoms with van der Waals surface area (Å²) < 4.78 is 21.4. The zero-order valence-corrected chi connectivity index (χ0v) is 18.3. The fourth-order valence-electron chi connectivity index (χ4n) is 3.82. The van der Waals surface area contributed by atoms with Crippen LogP contribution in [0.4, 0.5) is 4.79 Å². The molecule has 2 aromatic carbocycles. The third kappa shape index (κ3) is 7.08. The van der Waals surface area contributed by atoms with Gasteiger partial charge in [0.1, 0.15) is 11.5 Å². The zero-order valence-electron chi connectivity index (χ0n) is 18.3. The van der Waals surface area contributed by atoms with Crippen molar-refractivity contribution < 1.29 is 23.7 Å². The Balaban J connectivity index is 1.24. The minimum absolute atomic E-state index is 0.453. The second-order valence-corrected chi connectivity index (χ2v) is 8.21. The van der Waals surface area contributed by atoms with Gasteiger partial charge in [-0.05, 0) is 72.9 Å². The second-order valence-electron chi connectivity index (χ2n) is 8.21. The van der Waals surface area contributed by atoms with Crippen molar-refractivity contribution in [1.82, 2.24) is 0 Å². The van der Waals surface area contributed by atoms with E-state index in [0.29, 0.717) is 23.3 Å². The van der Waals surface area contributed by atoms with Crippen molar-refractivity contribution in [2.24, 2.45) is 11.8 Å². The highest BCUT2D eigenvalue weighted by Crippen LogP contribution is 2.21. The van der Waals surface area contributed by atoms with Crippen molar-refractivity contribution in [2.75, 3.05) is 26.4 Å². The number of carbonyl (C=O) groups is 1. The molecule has 2 aromatic rings. The first-order chi connectivity index (χ1) is 15.7. The Kier molecular flexibility index (Phi) is 8.12. The molecular weight excluding hydrogens is 404 g/mol. The van der Waals surface area contributed by atoms with Crippen LogP contribution in [0.15, 0.2) is 60.7 Å².